The Morgan fingerprint density at radius 1 is 1.17 bits per heavy atom. The number of rotatable bonds is 2. The number of halogens is 3. The average Bonchev–Trinajstić information content (AvgIpc) is 2.32. The number of benzene rings is 1. The molecule has 0 spiro atoms. The van der Waals surface area contributed by atoms with Crippen molar-refractivity contribution in [2.45, 2.75) is 0 Å². The first kappa shape index (κ1) is 12.7. The fraction of sp³-hybridized carbons (Fsp3) is 0. The zero-order valence-electron chi connectivity index (χ0n) is 8.82. The van der Waals surface area contributed by atoms with Crippen LogP contribution in [0.3, 0.4) is 0 Å². The number of hydrogen-bond acceptors (Lipinski definition) is 3. The van der Waals surface area contributed by atoms with E-state index < -0.39 is 11.7 Å². The van der Waals surface area contributed by atoms with Gasteiger partial charge in [0.25, 0.3) is 5.91 Å². The lowest BCUT2D eigenvalue weighted by Gasteiger charge is -2.06. The van der Waals surface area contributed by atoms with Gasteiger partial charge in [0.05, 0.1) is 10.6 Å². The van der Waals surface area contributed by atoms with Gasteiger partial charge < -0.3 is 5.32 Å². The third kappa shape index (κ3) is 2.75. The minimum absolute atomic E-state index is 0.0226. The van der Waals surface area contributed by atoms with Crippen molar-refractivity contribution in [2.24, 2.45) is 0 Å². The molecule has 1 aromatic carbocycles. The first-order valence-electron chi connectivity index (χ1n) is 4.82. The molecule has 0 unspecified atom stereocenters. The zero-order valence-corrected chi connectivity index (χ0v) is 10.3. The summed E-state index contributed by atoms with van der Waals surface area (Å²) in [7, 11) is 0. The molecule has 1 aromatic heterocycles. The monoisotopic (exact) mass is 285 g/mol. The third-order valence-electron chi connectivity index (χ3n) is 2.06. The van der Waals surface area contributed by atoms with E-state index in [0.717, 1.165) is 6.07 Å². The van der Waals surface area contributed by atoms with Crippen molar-refractivity contribution < 1.29 is 9.18 Å². The van der Waals surface area contributed by atoms with Crippen LogP contribution in [0.4, 0.5) is 10.2 Å². The molecule has 2 rings (SSSR count). The van der Waals surface area contributed by atoms with Crippen LogP contribution in [0.2, 0.25) is 10.2 Å². The van der Waals surface area contributed by atoms with Crippen LogP contribution in [-0.4, -0.2) is 16.1 Å². The van der Waals surface area contributed by atoms with Crippen molar-refractivity contribution in [2.75, 3.05) is 5.32 Å². The second-order valence-corrected chi connectivity index (χ2v) is 4.09. The molecule has 1 amide bonds. The molecule has 92 valence electrons. The highest BCUT2D eigenvalue weighted by atomic mass is 35.5. The number of carbonyl (C=O) groups is 1. The molecule has 4 nitrogen and oxygen atoms in total. The molecule has 18 heavy (non-hydrogen) atoms. The summed E-state index contributed by atoms with van der Waals surface area (Å²) in [6, 6.07) is 6.88. The second kappa shape index (κ2) is 5.29. The Labute approximate surface area is 112 Å². The van der Waals surface area contributed by atoms with Gasteiger partial charge in [-0.1, -0.05) is 29.3 Å². The van der Waals surface area contributed by atoms with Crippen molar-refractivity contribution in [1.29, 1.82) is 0 Å². The Kier molecular flexibility index (Phi) is 3.74. The maximum Gasteiger partial charge on any atom is 0.261 e. The summed E-state index contributed by atoms with van der Waals surface area (Å²) in [5.41, 5.74) is -0.240. The quantitative estimate of drug-likeness (QED) is 0.922. The average molecular weight is 286 g/mol. The molecule has 0 aliphatic carbocycles. The number of nitrogens with one attached hydrogen (secondary N) is 1. The second-order valence-electron chi connectivity index (χ2n) is 3.29. The van der Waals surface area contributed by atoms with Crippen molar-refractivity contribution in [1.82, 2.24) is 10.2 Å². The summed E-state index contributed by atoms with van der Waals surface area (Å²) in [6.07, 6.45) is 0. The number of aromatic nitrogens is 2. The molecule has 0 fully saturated rings. The normalized spacial score (nSPS) is 10.2. The molecule has 0 saturated heterocycles. The van der Waals surface area contributed by atoms with Crippen LogP contribution in [0.5, 0.6) is 0 Å². The predicted octanol–water partition coefficient (Wildman–Crippen LogP) is 3.17. The fourth-order valence-corrected chi connectivity index (χ4v) is 1.63. The molecule has 0 radical (unpaired) electrons. The van der Waals surface area contributed by atoms with E-state index in [2.05, 4.69) is 15.5 Å². The van der Waals surface area contributed by atoms with Gasteiger partial charge in [0, 0.05) is 0 Å². The minimum Gasteiger partial charge on any atom is -0.305 e. The Morgan fingerprint density at radius 2 is 1.94 bits per heavy atom. The summed E-state index contributed by atoms with van der Waals surface area (Å²) in [5, 5.41) is 9.75. The van der Waals surface area contributed by atoms with Crippen molar-refractivity contribution in [3.63, 3.8) is 0 Å². The van der Waals surface area contributed by atoms with Crippen molar-refractivity contribution >= 4 is 34.9 Å². The number of carbonyl (C=O) groups excluding carboxylic acids is 1. The Hall–Kier alpha value is -1.72. The van der Waals surface area contributed by atoms with Crippen LogP contribution in [-0.2, 0) is 0 Å². The van der Waals surface area contributed by atoms with Gasteiger partial charge in [-0.25, -0.2) is 4.39 Å². The van der Waals surface area contributed by atoms with Gasteiger partial charge >= 0.3 is 0 Å². The lowest BCUT2D eigenvalue weighted by atomic mass is 10.2. The van der Waals surface area contributed by atoms with Crippen molar-refractivity contribution in [3.05, 3.63) is 51.9 Å². The Balaban J connectivity index is 2.25. The van der Waals surface area contributed by atoms with Gasteiger partial charge in [-0.15, -0.1) is 10.2 Å². The van der Waals surface area contributed by atoms with Crippen LogP contribution in [0.15, 0.2) is 30.3 Å². The Morgan fingerprint density at radius 3 is 2.56 bits per heavy atom. The van der Waals surface area contributed by atoms with E-state index in [9.17, 15) is 9.18 Å². The van der Waals surface area contributed by atoms with E-state index >= 15 is 0 Å². The van der Waals surface area contributed by atoms with Crippen molar-refractivity contribution in [3.8, 4) is 0 Å². The van der Waals surface area contributed by atoms with Gasteiger partial charge in [-0.3, -0.25) is 4.79 Å². The molecule has 0 aliphatic rings. The maximum atomic E-state index is 13.5. The lowest BCUT2D eigenvalue weighted by molar-refractivity contribution is 0.102. The summed E-state index contributed by atoms with van der Waals surface area (Å²) < 4.78 is 13.5. The molecule has 7 heteroatoms. The molecule has 0 aliphatic heterocycles. The molecule has 0 atom stereocenters. The molecule has 0 bridgehead atoms. The third-order valence-corrected chi connectivity index (χ3v) is 2.58. The maximum absolute atomic E-state index is 13.5. The van der Waals surface area contributed by atoms with E-state index in [1.807, 2.05) is 0 Å². The van der Waals surface area contributed by atoms with Crippen LogP contribution in [0, 0.1) is 5.82 Å². The summed E-state index contributed by atoms with van der Waals surface area (Å²) in [6.45, 7) is 0. The standard InChI is InChI=1S/C11H6Cl2FN3O/c12-6-2-1-3-7(14)10(6)11(18)15-9-5-4-8(13)16-17-9/h1-5H,(H,15,17,18). The van der Waals surface area contributed by atoms with E-state index in [1.165, 1.54) is 24.3 Å². The van der Waals surface area contributed by atoms with Gasteiger partial charge in [0.2, 0.25) is 0 Å². The predicted molar refractivity (Wildman–Crippen MR) is 66.4 cm³/mol. The fourth-order valence-electron chi connectivity index (χ4n) is 1.28. The summed E-state index contributed by atoms with van der Waals surface area (Å²) in [5.74, 6) is -1.25. The topological polar surface area (TPSA) is 54.9 Å². The number of anilines is 1. The SMILES string of the molecule is O=C(Nc1ccc(Cl)nn1)c1c(F)cccc1Cl. The van der Waals surface area contributed by atoms with Gasteiger partial charge in [-0.2, -0.15) is 0 Å². The molecular formula is C11H6Cl2FN3O. The van der Waals surface area contributed by atoms with Gasteiger partial charge in [0.1, 0.15) is 5.82 Å². The number of nitrogens with zero attached hydrogens (tertiary/aromatic N) is 2. The highest BCUT2D eigenvalue weighted by Gasteiger charge is 2.16. The minimum atomic E-state index is -0.707. The molecule has 2 aromatic rings. The van der Waals surface area contributed by atoms with Crippen LogP contribution >= 0.6 is 23.2 Å². The first-order valence-corrected chi connectivity index (χ1v) is 5.58. The summed E-state index contributed by atoms with van der Waals surface area (Å²) in [4.78, 5) is 11.8. The van der Waals surface area contributed by atoms with Gasteiger partial charge in [-0.05, 0) is 24.3 Å². The molecular weight excluding hydrogens is 280 g/mol. The number of hydrogen-bond donors (Lipinski definition) is 1. The highest BCUT2D eigenvalue weighted by molar-refractivity contribution is 6.34. The lowest BCUT2D eigenvalue weighted by Crippen LogP contribution is -2.15. The zero-order chi connectivity index (χ0) is 13.1. The molecule has 1 N–H and O–H groups in total. The molecule has 1 heterocycles. The molecule has 0 saturated carbocycles. The summed E-state index contributed by atoms with van der Waals surface area (Å²) >= 11 is 11.3. The van der Waals surface area contributed by atoms with Crippen LogP contribution in [0.25, 0.3) is 0 Å². The number of amides is 1. The Bertz CT molecular complexity index is 569. The van der Waals surface area contributed by atoms with E-state index in [1.54, 1.807) is 0 Å². The largest absolute Gasteiger partial charge is 0.305 e. The van der Waals surface area contributed by atoms with E-state index in [0.29, 0.717) is 0 Å². The van der Waals surface area contributed by atoms with Gasteiger partial charge in [0.15, 0.2) is 11.0 Å². The first-order chi connectivity index (χ1) is 8.58. The smallest absolute Gasteiger partial charge is 0.261 e. The van der Waals surface area contributed by atoms with E-state index in [4.69, 9.17) is 23.2 Å². The highest BCUT2D eigenvalue weighted by Crippen LogP contribution is 2.20. The van der Waals surface area contributed by atoms with E-state index in [-0.39, 0.29) is 21.6 Å². The van der Waals surface area contributed by atoms with Crippen LogP contribution < -0.4 is 5.32 Å². The van der Waals surface area contributed by atoms with Crippen LogP contribution in [0.1, 0.15) is 10.4 Å².